The Labute approximate surface area is 150 Å². The van der Waals surface area contributed by atoms with Crippen molar-refractivity contribution in [1.29, 1.82) is 0 Å². The summed E-state index contributed by atoms with van der Waals surface area (Å²) in [6, 6.07) is 6.56. The van der Waals surface area contributed by atoms with Gasteiger partial charge in [0.05, 0.1) is 11.2 Å². The van der Waals surface area contributed by atoms with Crippen LogP contribution in [0.1, 0.15) is 18.4 Å². The third-order valence-electron chi connectivity index (χ3n) is 4.30. The van der Waals surface area contributed by atoms with Gasteiger partial charge in [0.25, 0.3) is 10.0 Å². The van der Waals surface area contributed by atoms with Gasteiger partial charge in [-0.05, 0) is 30.5 Å². The zero-order valence-electron chi connectivity index (χ0n) is 12.9. The number of benzene rings is 1. The molecule has 3 rings (SSSR count). The van der Waals surface area contributed by atoms with E-state index in [1.54, 1.807) is 24.3 Å². The van der Waals surface area contributed by atoms with E-state index in [1.807, 2.05) is 0 Å². The first-order valence-electron chi connectivity index (χ1n) is 7.37. The SMILES string of the molecule is Cn1ncc(Cl)c1S(=O)(=O)N1CCC(F)(c2ccc(Cl)cc2)CC1. The maximum absolute atomic E-state index is 15.2. The number of aromatic nitrogens is 2. The smallest absolute Gasteiger partial charge is 0.255 e. The number of hydrogen-bond acceptors (Lipinski definition) is 3. The summed E-state index contributed by atoms with van der Waals surface area (Å²) in [7, 11) is -2.30. The number of halogens is 3. The standard InChI is InChI=1S/C15H16Cl2FN3O2S/c1-20-14(13(17)10-19-20)24(22,23)21-8-6-15(18,7-9-21)11-2-4-12(16)5-3-11/h2-5,10H,6-9H2,1H3. The van der Waals surface area contributed by atoms with Crippen LogP contribution in [-0.4, -0.2) is 35.6 Å². The number of alkyl halides is 1. The van der Waals surface area contributed by atoms with Crippen molar-refractivity contribution < 1.29 is 12.8 Å². The van der Waals surface area contributed by atoms with E-state index in [9.17, 15) is 8.42 Å². The lowest BCUT2D eigenvalue weighted by atomic mass is 9.87. The highest BCUT2D eigenvalue weighted by molar-refractivity contribution is 7.89. The van der Waals surface area contributed by atoms with Gasteiger partial charge in [0.2, 0.25) is 0 Å². The first-order chi connectivity index (χ1) is 11.2. The normalized spacial score (nSPS) is 18.7. The first kappa shape index (κ1) is 17.7. The Balaban J connectivity index is 1.81. The van der Waals surface area contributed by atoms with Crippen molar-refractivity contribution in [1.82, 2.24) is 14.1 Å². The Kier molecular flexibility index (Phi) is 4.63. The van der Waals surface area contributed by atoms with Gasteiger partial charge in [-0.15, -0.1) is 0 Å². The van der Waals surface area contributed by atoms with E-state index in [0.717, 1.165) is 0 Å². The van der Waals surface area contributed by atoms with Crippen molar-refractivity contribution >= 4 is 33.2 Å². The minimum absolute atomic E-state index is 0.0623. The second kappa shape index (κ2) is 6.29. The van der Waals surface area contributed by atoms with Crippen LogP contribution in [0.25, 0.3) is 0 Å². The molecule has 0 aliphatic carbocycles. The fraction of sp³-hybridized carbons (Fsp3) is 0.400. The predicted molar refractivity (Wildman–Crippen MR) is 90.4 cm³/mol. The zero-order valence-corrected chi connectivity index (χ0v) is 15.2. The highest BCUT2D eigenvalue weighted by Crippen LogP contribution is 2.39. The van der Waals surface area contributed by atoms with Crippen LogP contribution in [0.3, 0.4) is 0 Å². The summed E-state index contributed by atoms with van der Waals surface area (Å²) in [5.74, 6) is 0. The van der Waals surface area contributed by atoms with Crippen molar-refractivity contribution in [2.45, 2.75) is 23.5 Å². The van der Waals surface area contributed by atoms with Gasteiger partial charge in [-0.1, -0.05) is 35.3 Å². The van der Waals surface area contributed by atoms with Gasteiger partial charge in [0, 0.05) is 25.2 Å². The summed E-state index contributed by atoms with van der Waals surface area (Å²) < 4.78 is 43.1. The molecular formula is C15H16Cl2FN3O2S. The van der Waals surface area contributed by atoms with E-state index in [4.69, 9.17) is 23.2 Å². The number of aryl methyl sites for hydroxylation is 1. The quantitative estimate of drug-likeness (QED) is 0.805. The fourth-order valence-corrected chi connectivity index (χ4v) is 5.10. The summed E-state index contributed by atoms with van der Waals surface area (Å²) in [6.07, 6.45) is 1.43. The van der Waals surface area contributed by atoms with Crippen LogP contribution in [0.2, 0.25) is 10.0 Å². The van der Waals surface area contributed by atoms with Crippen LogP contribution in [-0.2, 0) is 22.7 Å². The van der Waals surface area contributed by atoms with Gasteiger partial charge in [-0.25, -0.2) is 12.8 Å². The largest absolute Gasteiger partial charge is 0.261 e. The number of sulfonamides is 1. The van der Waals surface area contributed by atoms with Crippen LogP contribution in [0, 0.1) is 0 Å². The van der Waals surface area contributed by atoms with Crippen LogP contribution >= 0.6 is 23.2 Å². The molecule has 1 aliphatic heterocycles. The molecular weight excluding hydrogens is 376 g/mol. The lowest BCUT2D eigenvalue weighted by molar-refractivity contribution is 0.0868. The van der Waals surface area contributed by atoms with E-state index in [-0.39, 0.29) is 36.0 Å². The minimum atomic E-state index is -3.81. The van der Waals surface area contributed by atoms with Gasteiger partial charge >= 0.3 is 0 Å². The second-order valence-electron chi connectivity index (χ2n) is 5.80. The van der Waals surface area contributed by atoms with Crippen molar-refractivity contribution in [3.8, 4) is 0 Å². The molecule has 0 saturated carbocycles. The lowest BCUT2D eigenvalue weighted by Crippen LogP contribution is -2.43. The van der Waals surface area contributed by atoms with E-state index in [0.29, 0.717) is 10.6 Å². The molecule has 2 aromatic rings. The van der Waals surface area contributed by atoms with Crippen molar-refractivity contribution in [2.75, 3.05) is 13.1 Å². The summed E-state index contributed by atoms with van der Waals surface area (Å²) in [4.78, 5) is 0. The van der Waals surface area contributed by atoms with Crippen LogP contribution < -0.4 is 0 Å². The molecule has 0 unspecified atom stereocenters. The molecule has 130 valence electrons. The molecule has 1 saturated heterocycles. The van der Waals surface area contributed by atoms with Gasteiger partial charge in [0.1, 0.15) is 5.67 Å². The number of rotatable bonds is 3. The average Bonchev–Trinajstić information content (AvgIpc) is 2.88. The zero-order chi connectivity index (χ0) is 17.5. The lowest BCUT2D eigenvalue weighted by Gasteiger charge is -2.36. The monoisotopic (exact) mass is 391 g/mol. The van der Waals surface area contributed by atoms with Gasteiger partial charge in [0.15, 0.2) is 5.03 Å². The Morgan fingerprint density at radius 1 is 1.17 bits per heavy atom. The predicted octanol–water partition coefficient (Wildman–Crippen LogP) is 3.38. The number of nitrogens with zero attached hydrogens (tertiary/aromatic N) is 3. The topological polar surface area (TPSA) is 55.2 Å². The Hall–Kier alpha value is -1.15. The highest BCUT2D eigenvalue weighted by atomic mass is 35.5. The third-order valence-corrected chi connectivity index (χ3v) is 6.96. The number of piperidine rings is 1. The van der Waals surface area contributed by atoms with Crippen LogP contribution in [0.15, 0.2) is 35.5 Å². The Morgan fingerprint density at radius 2 is 1.75 bits per heavy atom. The van der Waals surface area contributed by atoms with Crippen molar-refractivity contribution in [2.24, 2.45) is 7.05 Å². The number of hydrogen-bond donors (Lipinski definition) is 0. The highest BCUT2D eigenvalue weighted by Gasteiger charge is 2.41. The summed E-state index contributed by atoms with van der Waals surface area (Å²) >= 11 is 11.8. The molecule has 1 aromatic heterocycles. The molecule has 1 fully saturated rings. The molecule has 0 N–H and O–H groups in total. The van der Waals surface area contributed by atoms with Crippen LogP contribution in [0.5, 0.6) is 0 Å². The molecule has 0 amide bonds. The summed E-state index contributed by atoms with van der Waals surface area (Å²) in [6.45, 7) is 0.145. The van der Waals surface area contributed by atoms with E-state index in [2.05, 4.69) is 5.10 Å². The van der Waals surface area contributed by atoms with Crippen molar-refractivity contribution in [3.63, 3.8) is 0 Å². The Bertz CT molecular complexity index is 825. The van der Waals surface area contributed by atoms with Crippen LogP contribution in [0.4, 0.5) is 4.39 Å². The maximum Gasteiger partial charge on any atom is 0.261 e. The molecule has 0 bridgehead atoms. The summed E-state index contributed by atoms with van der Waals surface area (Å²) in [5, 5.41) is 4.38. The van der Waals surface area contributed by atoms with Gasteiger partial charge < -0.3 is 0 Å². The summed E-state index contributed by atoms with van der Waals surface area (Å²) in [5.41, 5.74) is -1.05. The van der Waals surface area contributed by atoms with E-state index >= 15 is 4.39 Å². The van der Waals surface area contributed by atoms with E-state index in [1.165, 1.54) is 22.2 Å². The van der Waals surface area contributed by atoms with Gasteiger partial charge in [-0.3, -0.25) is 4.68 Å². The molecule has 9 heteroatoms. The first-order valence-corrected chi connectivity index (χ1v) is 9.56. The average molecular weight is 392 g/mol. The molecule has 24 heavy (non-hydrogen) atoms. The third kappa shape index (κ3) is 3.06. The second-order valence-corrected chi connectivity index (χ2v) is 8.49. The molecule has 1 aliphatic rings. The molecule has 5 nitrogen and oxygen atoms in total. The minimum Gasteiger partial charge on any atom is -0.255 e. The maximum atomic E-state index is 15.2. The molecule has 0 radical (unpaired) electrons. The van der Waals surface area contributed by atoms with Gasteiger partial charge in [-0.2, -0.15) is 9.40 Å². The van der Waals surface area contributed by atoms with Crippen molar-refractivity contribution in [3.05, 3.63) is 46.1 Å². The fourth-order valence-electron chi connectivity index (χ4n) is 2.93. The molecule has 0 spiro atoms. The Morgan fingerprint density at radius 3 is 2.25 bits per heavy atom. The van der Waals surface area contributed by atoms with E-state index < -0.39 is 15.7 Å². The molecule has 2 heterocycles. The molecule has 0 atom stereocenters. The molecule has 1 aromatic carbocycles.